The van der Waals surface area contributed by atoms with Gasteiger partial charge in [0.25, 0.3) is 0 Å². The Hall–Kier alpha value is -1.40. The van der Waals surface area contributed by atoms with Gasteiger partial charge in [0.15, 0.2) is 0 Å². The van der Waals surface area contributed by atoms with E-state index in [1.165, 1.54) is 4.31 Å². The highest BCUT2D eigenvalue weighted by molar-refractivity contribution is 7.88. The maximum Gasteiger partial charge on any atom is 0.307 e. The van der Waals surface area contributed by atoms with Crippen LogP contribution in [0.25, 0.3) is 0 Å². The average molecular weight is 339 g/mol. The van der Waals surface area contributed by atoms with Gasteiger partial charge in [0.2, 0.25) is 10.0 Å². The van der Waals surface area contributed by atoms with Gasteiger partial charge in [0, 0.05) is 13.1 Å². The largest absolute Gasteiger partial charge is 0.466 e. The Morgan fingerprint density at radius 2 is 2.00 bits per heavy atom. The summed E-state index contributed by atoms with van der Waals surface area (Å²) < 4.78 is 31.9. The van der Waals surface area contributed by atoms with Crippen molar-refractivity contribution in [1.82, 2.24) is 4.31 Å². The number of ether oxygens (including phenoxy) is 1. The molecule has 0 saturated heterocycles. The van der Waals surface area contributed by atoms with Crippen LogP contribution >= 0.6 is 0 Å². The monoisotopic (exact) mass is 339 g/mol. The van der Waals surface area contributed by atoms with Gasteiger partial charge in [-0.3, -0.25) is 4.79 Å². The third-order valence-corrected chi connectivity index (χ3v) is 5.82. The van der Waals surface area contributed by atoms with Gasteiger partial charge in [-0.2, -0.15) is 0 Å². The first kappa shape index (κ1) is 17.9. The molecule has 1 fully saturated rings. The third kappa shape index (κ3) is 5.62. The summed E-state index contributed by atoms with van der Waals surface area (Å²) in [5, 5.41) is 0. The molecule has 2 rings (SSSR count). The van der Waals surface area contributed by atoms with Gasteiger partial charge in [-0.05, 0) is 43.7 Å². The van der Waals surface area contributed by atoms with Crippen molar-refractivity contribution in [2.24, 2.45) is 5.92 Å². The summed E-state index contributed by atoms with van der Waals surface area (Å²) in [6.07, 6.45) is 2.24. The smallest absolute Gasteiger partial charge is 0.307 e. The van der Waals surface area contributed by atoms with Crippen molar-refractivity contribution in [3.05, 3.63) is 35.4 Å². The van der Waals surface area contributed by atoms with Crippen LogP contribution in [0.15, 0.2) is 24.3 Å². The Morgan fingerprint density at radius 1 is 1.30 bits per heavy atom. The van der Waals surface area contributed by atoms with Crippen LogP contribution in [0, 0.1) is 12.8 Å². The van der Waals surface area contributed by atoms with Gasteiger partial charge in [-0.25, -0.2) is 12.7 Å². The molecule has 0 amide bonds. The van der Waals surface area contributed by atoms with E-state index in [4.69, 9.17) is 4.74 Å². The van der Waals surface area contributed by atoms with E-state index < -0.39 is 10.0 Å². The van der Waals surface area contributed by atoms with Gasteiger partial charge in [-0.15, -0.1) is 0 Å². The SMILES string of the molecule is CCOC(=O)CCN(CC1CC1)S(=O)(=O)Cc1ccccc1C. The van der Waals surface area contributed by atoms with Gasteiger partial charge in [-0.1, -0.05) is 24.3 Å². The molecule has 1 aliphatic rings. The Balaban J connectivity index is 2.06. The second-order valence-electron chi connectivity index (χ2n) is 6.04. The highest BCUT2D eigenvalue weighted by Crippen LogP contribution is 2.31. The highest BCUT2D eigenvalue weighted by Gasteiger charge is 2.31. The third-order valence-electron chi connectivity index (χ3n) is 4.02. The maximum absolute atomic E-state index is 12.8. The van der Waals surface area contributed by atoms with Gasteiger partial charge >= 0.3 is 5.97 Å². The molecule has 0 atom stereocenters. The molecule has 1 aromatic carbocycles. The minimum absolute atomic E-state index is 0.0186. The lowest BCUT2D eigenvalue weighted by Crippen LogP contribution is -2.36. The number of nitrogens with zero attached hydrogens (tertiary/aromatic N) is 1. The molecule has 0 heterocycles. The summed E-state index contributed by atoms with van der Waals surface area (Å²) in [5.41, 5.74) is 1.78. The number of sulfonamides is 1. The molecule has 1 aliphatic carbocycles. The molecule has 0 aliphatic heterocycles. The summed E-state index contributed by atoms with van der Waals surface area (Å²) in [6, 6.07) is 7.50. The van der Waals surface area contributed by atoms with E-state index >= 15 is 0 Å². The molecule has 0 N–H and O–H groups in total. The van der Waals surface area contributed by atoms with Crippen molar-refractivity contribution in [3.63, 3.8) is 0 Å². The molecule has 128 valence electrons. The summed E-state index contributed by atoms with van der Waals surface area (Å²) in [4.78, 5) is 11.5. The molecule has 0 spiro atoms. The predicted octanol–water partition coefficient (Wildman–Crippen LogP) is 2.49. The van der Waals surface area contributed by atoms with Crippen LogP contribution in [-0.2, 0) is 25.3 Å². The molecule has 0 aromatic heterocycles. The van der Waals surface area contributed by atoms with Crippen LogP contribution in [0.1, 0.15) is 37.3 Å². The predicted molar refractivity (Wildman–Crippen MR) is 89.3 cm³/mol. The number of carbonyl (C=O) groups is 1. The standard InChI is InChI=1S/C17H25NO4S/c1-3-22-17(19)10-11-18(12-15-8-9-15)23(20,21)13-16-7-5-4-6-14(16)2/h4-7,15H,3,8-13H2,1-2H3. The zero-order valence-corrected chi connectivity index (χ0v) is 14.6. The molecule has 0 bridgehead atoms. The fourth-order valence-electron chi connectivity index (χ4n) is 2.44. The van der Waals surface area contributed by atoms with Crippen LogP contribution in [-0.4, -0.2) is 38.4 Å². The van der Waals surface area contributed by atoms with Crippen molar-refractivity contribution in [1.29, 1.82) is 0 Å². The second-order valence-corrected chi connectivity index (χ2v) is 8.01. The molecule has 1 aromatic rings. The van der Waals surface area contributed by atoms with Gasteiger partial charge < -0.3 is 4.74 Å². The van der Waals surface area contributed by atoms with E-state index in [-0.39, 0.29) is 24.7 Å². The van der Waals surface area contributed by atoms with Crippen LogP contribution < -0.4 is 0 Å². The molecule has 1 saturated carbocycles. The highest BCUT2D eigenvalue weighted by atomic mass is 32.2. The second kappa shape index (κ2) is 7.93. The van der Waals surface area contributed by atoms with Crippen molar-refractivity contribution in [2.75, 3.05) is 19.7 Å². The lowest BCUT2D eigenvalue weighted by atomic mass is 10.1. The van der Waals surface area contributed by atoms with Crippen molar-refractivity contribution >= 4 is 16.0 Å². The van der Waals surface area contributed by atoms with Crippen LogP contribution in [0.2, 0.25) is 0 Å². The Bertz CT molecular complexity index is 638. The van der Waals surface area contributed by atoms with Crippen LogP contribution in [0.5, 0.6) is 0 Å². The summed E-state index contributed by atoms with van der Waals surface area (Å²) >= 11 is 0. The molecular formula is C17H25NO4S. The van der Waals surface area contributed by atoms with Gasteiger partial charge in [0.05, 0.1) is 18.8 Å². The zero-order chi connectivity index (χ0) is 16.9. The number of rotatable bonds is 9. The first-order valence-electron chi connectivity index (χ1n) is 8.10. The molecule has 5 nitrogen and oxygen atoms in total. The van der Waals surface area contributed by atoms with E-state index in [1.807, 2.05) is 31.2 Å². The van der Waals surface area contributed by atoms with E-state index in [0.717, 1.165) is 24.0 Å². The minimum Gasteiger partial charge on any atom is -0.466 e. The molecule has 0 radical (unpaired) electrons. The summed E-state index contributed by atoms with van der Waals surface area (Å²) in [5.74, 6) is 0.0677. The Morgan fingerprint density at radius 3 is 2.61 bits per heavy atom. The number of hydrogen-bond acceptors (Lipinski definition) is 4. The minimum atomic E-state index is -3.44. The fourth-order valence-corrected chi connectivity index (χ4v) is 4.15. The molecular weight excluding hydrogens is 314 g/mol. The summed E-state index contributed by atoms with van der Waals surface area (Å²) in [6.45, 7) is 4.68. The van der Waals surface area contributed by atoms with Crippen LogP contribution in [0.4, 0.5) is 0 Å². The van der Waals surface area contributed by atoms with E-state index in [1.54, 1.807) is 6.92 Å². The average Bonchev–Trinajstić information content (AvgIpc) is 3.30. The lowest BCUT2D eigenvalue weighted by Gasteiger charge is -2.22. The zero-order valence-electron chi connectivity index (χ0n) is 13.8. The van der Waals surface area contributed by atoms with Crippen molar-refractivity contribution in [2.45, 2.75) is 38.9 Å². The first-order chi connectivity index (χ1) is 10.9. The Labute approximate surface area is 138 Å². The maximum atomic E-state index is 12.8. The number of aryl methyl sites for hydroxylation is 1. The van der Waals surface area contributed by atoms with Crippen molar-refractivity contribution < 1.29 is 17.9 Å². The fraction of sp³-hybridized carbons (Fsp3) is 0.588. The van der Waals surface area contributed by atoms with E-state index in [0.29, 0.717) is 19.1 Å². The topological polar surface area (TPSA) is 63.7 Å². The number of benzene rings is 1. The normalized spacial score (nSPS) is 14.9. The molecule has 6 heteroatoms. The number of hydrogen-bond donors (Lipinski definition) is 0. The van der Waals surface area contributed by atoms with Crippen molar-refractivity contribution in [3.8, 4) is 0 Å². The lowest BCUT2D eigenvalue weighted by molar-refractivity contribution is -0.143. The van der Waals surface area contributed by atoms with Gasteiger partial charge in [0.1, 0.15) is 0 Å². The Kier molecular flexibility index (Phi) is 6.18. The molecule has 0 unspecified atom stereocenters. The number of esters is 1. The number of carbonyl (C=O) groups excluding carboxylic acids is 1. The first-order valence-corrected chi connectivity index (χ1v) is 9.71. The van der Waals surface area contributed by atoms with Crippen LogP contribution in [0.3, 0.4) is 0 Å². The summed E-state index contributed by atoms with van der Waals surface area (Å²) in [7, 11) is -3.44. The van der Waals surface area contributed by atoms with E-state index in [2.05, 4.69) is 0 Å². The van der Waals surface area contributed by atoms with E-state index in [9.17, 15) is 13.2 Å². The quantitative estimate of drug-likeness (QED) is 0.649. The molecule has 23 heavy (non-hydrogen) atoms.